The number of hydrogen-bond acceptors (Lipinski definition) is 8. The molecule has 0 aliphatic heterocycles. The summed E-state index contributed by atoms with van der Waals surface area (Å²) in [7, 11) is 2.15. The van der Waals surface area contributed by atoms with Gasteiger partial charge in [-0.3, -0.25) is 18.7 Å². The molecule has 0 spiro atoms. The van der Waals surface area contributed by atoms with Gasteiger partial charge in [0.05, 0.1) is 21.4 Å². The van der Waals surface area contributed by atoms with E-state index in [0.29, 0.717) is 10.2 Å². The van der Waals surface area contributed by atoms with Crippen molar-refractivity contribution in [3.8, 4) is 0 Å². The summed E-state index contributed by atoms with van der Waals surface area (Å²) in [4.78, 5) is 45.6. The van der Waals surface area contributed by atoms with Crippen LogP contribution in [0.4, 0.5) is 5.13 Å². The smallest absolute Gasteiger partial charge is 0.315 e. The average molecular weight is 478 g/mol. The highest BCUT2D eigenvalue weighted by Gasteiger charge is 2.19. The molecule has 168 valence electrons. The molecule has 0 radical (unpaired) electrons. The Morgan fingerprint density at radius 2 is 1.91 bits per heavy atom. The number of anilines is 1. The fourth-order valence-electron chi connectivity index (χ4n) is 3.16. The molecule has 12 nitrogen and oxygen atoms in total. The standard InChI is InChI=1S/C18H19N7O5S2/c1-22(2)32(29,30)10-5-6-11-12(7-10)31-17(20-11)21-13(26)8-25-9-19-15-14(25)16(27)24(4)18(28)23(15)3/h5-7,9H,8H2,1-4H3,(H,20,21,26). The van der Waals surface area contributed by atoms with Crippen molar-refractivity contribution >= 4 is 53.8 Å². The summed E-state index contributed by atoms with van der Waals surface area (Å²) in [6.07, 6.45) is 1.32. The highest BCUT2D eigenvalue weighted by molar-refractivity contribution is 7.89. The largest absolute Gasteiger partial charge is 0.332 e. The molecule has 14 heteroatoms. The fraction of sp³-hybridized carbons (Fsp3) is 0.278. The molecule has 0 saturated carbocycles. The Bertz CT molecular complexity index is 1610. The zero-order chi connectivity index (χ0) is 23.4. The molecule has 1 N–H and O–H groups in total. The average Bonchev–Trinajstić information content (AvgIpc) is 3.33. The number of nitrogens with one attached hydrogen (secondary N) is 1. The predicted molar refractivity (Wildman–Crippen MR) is 119 cm³/mol. The second kappa shape index (κ2) is 7.65. The summed E-state index contributed by atoms with van der Waals surface area (Å²) in [5, 5.41) is 2.94. The number of amides is 1. The lowest BCUT2D eigenvalue weighted by Gasteiger charge is -2.10. The number of aryl methyl sites for hydroxylation is 1. The van der Waals surface area contributed by atoms with Gasteiger partial charge < -0.3 is 9.88 Å². The Kier molecular flexibility index (Phi) is 5.22. The van der Waals surface area contributed by atoms with E-state index in [2.05, 4.69) is 15.3 Å². The van der Waals surface area contributed by atoms with Crippen LogP contribution in [0.3, 0.4) is 0 Å². The van der Waals surface area contributed by atoms with E-state index in [0.717, 1.165) is 20.2 Å². The van der Waals surface area contributed by atoms with Crippen molar-refractivity contribution in [2.24, 2.45) is 14.1 Å². The van der Waals surface area contributed by atoms with Crippen LogP contribution in [-0.2, 0) is 35.5 Å². The molecule has 1 aromatic carbocycles. The fourth-order valence-corrected chi connectivity index (χ4v) is 5.08. The van der Waals surface area contributed by atoms with Crippen LogP contribution in [0, 0.1) is 0 Å². The van der Waals surface area contributed by atoms with Crippen LogP contribution in [-0.4, -0.2) is 56.4 Å². The van der Waals surface area contributed by atoms with Crippen molar-refractivity contribution < 1.29 is 13.2 Å². The van der Waals surface area contributed by atoms with Crippen molar-refractivity contribution in [3.63, 3.8) is 0 Å². The number of carbonyl (C=O) groups excluding carboxylic acids is 1. The van der Waals surface area contributed by atoms with Crippen LogP contribution < -0.4 is 16.6 Å². The minimum Gasteiger partial charge on any atom is -0.315 e. The number of carbonyl (C=O) groups is 1. The molecule has 0 bridgehead atoms. The van der Waals surface area contributed by atoms with Gasteiger partial charge >= 0.3 is 5.69 Å². The van der Waals surface area contributed by atoms with Crippen molar-refractivity contribution in [2.45, 2.75) is 11.4 Å². The molecule has 32 heavy (non-hydrogen) atoms. The predicted octanol–water partition coefficient (Wildman–Crippen LogP) is -0.0676. The molecule has 0 atom stereocenters. The second-order valence-corrected chi connectivity index (χ2v) is 10.4. The number of imidazole rings is 1. The minimum absolute atomic E-state index is 0.128. The number of benzene rings is 1. The van der Waals surface area contributed by atoms with Crippen LogP contribution in [0.2, 0.25) is 0 Å². The number of sulfonamides is 1. The van der Waals surface area contributed by atoms with Gasteiger partial charge in [-0.05, 0) is 18.2 Å². The van der Waals surface area contributed by atoms with Gasteiger partial charge in [-0.25, -0.2) is 27.5 Å². The Morgan fingerprint density at radius 3 is 2.59 bits per heavy atom. The van der Waals surface area contributed by atoms with Crippen LogP contribution in [0.25, 0.3) is 21.4 Å². The number of rotatable bonds is 5. The van der Waals surface area contributed by atoms with Crippen LogP contribution in [0.1, 0.15) is 0 Å². The summed E-state index contributed by atoms with van der Waals surface area (Å²) in [5.41, 5.74) is -0.210. The zero-order valence-corrected chi connectivity index (χ0v) is 19.2. The van der Waals surface area contributed by atoms with E-state index in [1.807, 2.05) is 0 Å². The van der Waals surface area contributed by atoms with E-state index in [1.165, 1.54) is 55.8 Å². The van der Waals surface area contributed by atoms with Gasteiger partial charge in [0.2, 0.25) is 15.9 Å². The van der Waals surface area contributed by atoms with Crippen molar-refractivity contribution in [1.82, 2.24) is 28.0 Å². The molecule has 0 unspecified atom stereocenters. The second-order valence-electron chi connectivity index (χ2n) is 7.23. The van der Waals surface area contributed by atoms with E-state index >= 15 is 0 Å². The molecule has 0 fully saturated rings. The first kappa shape index (κ1) is 21.9. The maximum atomic E-state index is 12.6. The molecule has 4 rings (SSSR count). The summed E-state index contributed by atoms with van der Waals surface area (Å²) < 4.78 is 29.9. The molecule has 4 aromatic rings. The summed E-state index contributed by atoms with van der Waals surface area (Å²) >= 11 is 1.13. The van der Waals surface area contributed by atoms with E-state index in [-0.39, 0.29) is 27.7 Å². The van der Waals surface area contributed by atoms with Gasteiger partial charge in [0.1, 0.15) is 6.54 Å². The minimum atomic E-state index is -3.59. The van der Waals surface area contributed by atoms with Crippen LogP contribution in [0.5, 0.6) is 0 Å². The topological polar surface area (TPSA) is 141 Å². The van der Waals surface area contributed by atoms with Crippen molar-refractivity contribution in [3.05, 3.63) is 45.4 Å². The Hall–Kier alpha value is -3.36. The third-order valence-corrected chi connectivity index (χ3v) is 7.66. The lowest BCUT2D eigenvalue weighted by molar-refractivity contribution is -0.116. The van der Waals surface area contributed by atoms with Gasteiger partial charge in [0, 0.05) is 28.2 Å². The third-order valence-electron chi connectivity index (χ3n) is 4.92. The van der Waals surface area contributed by atoms with E-state index in [1.54, 1.807) is 6.07 Å². The number of nitrogens with zero attached hydrogens (tertiary/aromatic N) is 6. The molecular weight excluding hydrogens is 458 g/mol. The number of aromatic nitrogens is 5. The molecule has 1 amide bonds. The van der Waals surface area contributed by atoms with E-state index < -0.39 is 27.2 Å². The lowest BCUT2D eigenvalue weighted by Crippen LogP contribution is -2.37. The normalized spacial score (nSPS) is 12.2. The lowest BCUT2D eigenvalue weighted by atomic mass is 10.3. The van der Waals surface area contributed by atoms with Crippen molar-refractivity contribution in [1.29, 1.82) is 0 Å². The quantitative estimate of drug-likeness (QED) is 0.424. The molecule has 3 heterocycles. The molecule has 3 aromatic heterocycles. The molecular formula is C18H19N7O5S2. The van der Waals surface area contributed by atoms with Gasteiger partial charge in [0.25, 0.3) is 5.56 Å². The molecule has 0 saturated heterocycles. The van der Waals surface area contributed by atoms with Gasteiger partial charge in [-0.1, -0.05) is 11.3 Å². The zero-order valence-electron chi connectivity index (χ0n) is 17.6. The monoisotopic (exact) mass is 477 g/mol. The van der Waals surface area contributed by atoms with Crippen LogP contribution >= 0.6 is 11.3 Å². The maximum Gasteiger partial charge on any atom is 0.332 e. The van der Waals surface area contributed by atoms with Crippen LogP contribution in [0.15, 0.2) is 39.0 Å². The van der Waals surface area contributed by atoms with Gasteiger partial charge in [-0.2, -0.15) is 0 Å². The highest BCUT2D eigenvalue weighted by atomic mass is 32.2. The Morgan fingerprint density at radius 1 is 1.19 bits per heavy atom. The Balaban J connectivity index is 1.61. The maximum absolute atomic E-state index is 12.6. The van der Waals surface area contributed by atoms with Gasteiger partial charge in [-0.15, -0.1) is 0 Å². The SMILES string of the molecule is CN(C)S(=O)(=O)c1ccc2nc(NC(=O)Cn3cnc4c3c(=O)n(C)c(=O)n4C)sc2c1. The first-order valence-corrected chi connectivity index (χ1v) is 11.5. The van der Waals surface area contributed by atoms with Crippen molar-refractivity contribution in [2.75, 3.05) is 19.4 Å². The first-order chi connectivity index (χ1) is 15.0. The number of fused-ring (bicyclic) bond motifs is 2. The van der Waals surface area contributed by atoms with E-state index in [4.69, 9.17) is 0 Å². The Labute approximate surface area is 185 Å². The number of hydrogen-bond donors (Lipinski definition) is 1. The number of thiazole rings is 1. The highest BCUT2D eigenvalue weighted by Crippen LogP contribution is 2.28. The summed E-state index contributed by atoms with van der Waals surface area (Å²) in [5.74, 6) is -0.458. The summed E-state index contributed by atoms with van der Waals surface area (Å²) in [6, 6.07) is 4.54. The molecule has 0 aliphatic carbocycles. The molecule has 0 aliphatic rings. The van der Waals surface area contributed by atoms with Gasteiger partial charge in [0.15, 0.2) is 16.3 Å². The van der Waals surface area contributed by atoms with E-state index in [9.17, 15) is 22.8 Å². The first-order valence-electron chi connectivity index (χ1n) is 9.24. The summed E-state index contributed by atoms with van der Waals surface area (Å²) in [6.45, 7) is -0.222. The third kappa shape index (κ3) is 3.51.